The summed E-state index contributed by atoms with van der Waals surface area (Å²) in [6.07, 6.45) is 0.855. The fraction of sp³-hybridized carbons (Fsp3) is 0.400. The minimum absolute atomic E-state index is 0.171. The number of esters is 1. The minimum atomic E-state index is -0.363. The molecule has 9 nitrogen and oxygen atoms in total. The Hall–Kier alpha value is -3.59. The van der Waals surface area contributed by atoms with E-state index in [9.17, 15) is 14.4 Å². The number of anilines is 1. The van der Waals surface area contributed by atoms with Gasteiger partial charge in [-0.25, -0.2) is 0 Å². The lowest BCUT2D eigenvalue weighted by Crippen LogP contribution is -2.53. The highest BCUT2D eigenvalue weighted by Crippen LogP contribution is 2.32. The van der Waals surface area contributed by atoms with Crippen LogP contribution in [0.1, 0.15) is 40.0 Å². The van der Waals surface area contributed by atoms with Gasteiger partial charge < -0.3 is 29.2 Å². The number of carbonyl (C=O) groups is 3. The zero-order chi connectivity index (χ0) is 24.2. The monoisotopic (exact) mass is 468 g/mol. The molecule has 0 unspecified atom stereocenters. The van der Waals surface area contributed by atoms with Gasteiger partial charge in [0.2, 0.25) is 0 Å². The molecular weight excluding hydrogens is 440 g/mol. The highest BCUT2D eigenvalue weighted by molar-refractivity contribution is 6.05. The first-order chi connectivity index (χ1) is 16.4. The van der Waals surface area contributed by atoms with Crippen molar-refractivity contribution in [3.8, 4) is 11.5 Å². The van der Waals surface area contributed by atoms with E-state index in [0.29, 0.717) is 41.2 Å². The molecule has 2 amide bonds. The fourth-order valence-corrected chi connectivity index (χ4v) is 4.34. The summed E-state index contributed by atoms with van der Waals surface area (Å²) < 4.78 is 22.0. The molecule has 2 heterocycles. The summed E-state index contributed by atoms with van der Waals surface area (Å²) in [5, 5.41) is 2.83. The van der Waals surface area contributed by atoms with Gasteiger partial charge in [0.15, 0.2) is 0 Å². The van der Waals surface area contributed by atoms with E-state index in [1.165, 1.54) is 14.2 Å². The number of hydrogen-bond acceptors (Lipinski definition) is 7. The van der Waals surface area contributed by atoms with Gasteiger partial charge in [-0.1, -0.05) is 6.07 Å². The smallest absolute Gasteiger partial charge is 0.308 e. The van der Waals surface area contributed by atoms with E-state index in [2.05, 4.69) is 5.32 Å². The molecular formula is C25H28N2O7. The Morgan fingerprint density at radius 3 is 2.74 bits per heavy atom. The van der Waals surface area contributed by atoms with Crippen LogP contribution in [0.3, 0.4) is 0 Å². The second-order valence-corrected chi connectivity index (χ2v) is 8.35. The highest BCUT2D eigenvalue weighted by Gasteiger charge is 2.39. The third-order valence-electron chi connectivity index (χ3n) is 6.22. The Bertz CT molecular complexity index is 1090. The lowest BCUT2D eigenvalue weighted by Gasteiger charge is -2.42. The molecule has 180 valence electrons. The second kappa shape index (κ2) is 10.1. The van der Waals surface area contributed by atoms with Crippen LogP contribution in [0, 0.1) is 0 Å². The van der Waals surface area contributed by atoms with Gasteiger partial charge in [-0.3, -0.25) is 14.4 Å². The second-order valence-electron chi connectivity index (χ2n) is 8.35. The number of hydrogen-bond donors (Lipinski definition) is 1. The molecule has 2 aromatic rings. The topological polar surface area (TPSA) is 103 Å². The molecule has 0 saturated carbocycles. The predicted molar refractivity (Wildman–Crippen MR) is 123 cm³/mol. The average Bonchev–Trinajstić information content (AvgIpc) is 2.86. The summed E-state index contributed by atoms with van der Waals surface area (Å²) in [6, 6.07) is 11.6. The van der Waals surface area contributed by atoms with E-state index in [0.717, 1.165) is 0 Å². The summed E-state index contributed by atoms with van der Waals surface area (Å²) in [7, 11) is 4.62. The Morgan fingerprint density at radius 1 is 1.15 bits per heavy atom. The maximum atomic E-state index is 13.3. The third-order valence-corrected chi connectivity index (χ3v) is 6.22. The molecule has 1 saturated heterocycles. The number of amides is 2. The molecule has 2 aliphatic heterocycles. The maximum absolute atomic E-state index is 13.3. The summed E-state index contributed by atoms with van der Waals surface area (Å²) in [5.74, 6) is 0.122. The first-order valence-corrected chi connectivity index (χ1v) is 11.1. The Balaban J connectivity index is 1.51. The number of nitrogens with zero attached hydrogens (tertiary/aromatic N) is 1. The molecule has 4 rings (SSSR count). The van der Waals surface area contributed by atoms with Crippen molar-refractivity contribution in [3.05, 3.63) is 53.6 Å². The Labute approximate surface area is 197 Å². The van der Waals surface area contributed by atoms with Crippen LogP contribution >= 0.6 is 0 Å². The number of fused-ring (bicyclic) bond motifs is 2. The van der Waals surface area contributed by atoms with Crippen LogP contribution in [0.2, 0.25) is 0 Å². The Morgan fingerprint density at radius 2 is 1.97 bits per heavy atom. The first-order valence-electron chi connectivity index (χ1n) is 11.1. The summed E-state index contributed by atoms with van der Waals surface area (Å²) in [5.41, 5.74) is 1.28. The normalized spacial score (nSPS) is 21.8. The van der Waals surface area contributed by atoms with E-state index in [1.807, 2.05) is 0 Å². The van der Waals surface area contributed by atoms with Gasteiger partial charge >= 0.3 is 5.97 Å². The molecule has 2 aromatic carbocycles. The zero-order valence-electron chi connectivity index (χ0n) is 19.4. The first kappa shape index (κ1) is 23.6. The summed E-state index contributed by atoms with van der Waals surface area (Å²) >= 11 is 0. The van der Waals surface area contributed by atoms with E-state index < -0.39 is 0 Å². The number of rotatable bonds is 5. The van der Waals surface area contributed by atoms with Gasteiger partial charge in [-0.15, -0.1) is 0 Å². The van der Waals surface area contributed by atoms with Crippen molar-refractivity contribution in [1.82, 2.24) is 4.90 Å². The van der Waals surface area contributed by atoms with E-state index in [4.69, 9.17) is 18.9 Å². The van der Waals surface area contributed by atoms with Crippen molar-refractivity contribution in [2.75, 3.05) is 33.2 Å². The van der Waals surface area contributed by atoms with Crippen molar-refractivity contribution in [2.45, 2.75) is 37.5 Å². The van der Waals surface area contributed by atoms with Crippen LogP contribution in [-0.4, -0.2) is 68.8 Å². The molecule has 1 N–H and O–H groups in total. The number of nitrogens with one attached hydrogen (secondary N) is 1. The average molecular weight is 469 g/mol. The zero-order valence-corrected chi connectivity index (χ0v) is 19.4. The van der Waals surface area contributed by atoms with Crippen LogP contribution in [0.25, 0.3) is 0 Å². The summed E-state index contributed by atoms with van der Waals surface area (Å²) in [6.45, 7) is 0.239. The van der Waals surface area contributed by atoms with Crippen molar-refractivity contribution >= 4 is 23.5 Å². The van der Waals surface area contributed by atoms with E-state index in [-0.39, 0.29) is 49.1 Å². The summed E-state index contributed by atoms with van der Waals surface area (Å²) in [4.78, 5) is 39.3. The minimum Gasteiger partial charge on any atom is -0.497 e. The number of likely N-dealkylation sites (N-methyl/N-ethyl adjacent to an activating group) is 1. The molecule has 1 fully saturated rings. The van der Waals surface area contributed by atoms with E-state index in [1.54, 1.807) is 54.4 Å². The Kier molecular flexibility index (Phi) is 7.02. The molecule has 0 bridgehead atoms. The molecule has 34 heavy (non-hydrogen) atoms. The standard InChI is InChI=1S/C25H28N2O7/c1-27-20-9-8-18(13-23(28)32-3)34-22(20)14-33-21-10-7-16(12-19(21)25(27)30)26-24(29)15-5-4-6-17(11-15)31-2/h4-7,10-12,18,20,22H,8-9,13-14H2,1-3H3,(H,26,29)/t18-,20-,22+/m0/s1. The van der Waals surface area contributed by atoms with Crippen LogP contribution in [-0.2, 0) is 14.3 Å². The van der Waals surface area contributed by atoms with Gasteiger partial charge in [0.25, 0.3) is 11.8 Å². The molecule has 0 radical (unpaired) electrons. The van der Waals surface area contributed by atoms with Crippen molar-refractivity contribution in [1.29, 1.82) is 0 Å². The molecule has 0 aliphatic carbocycles. The molecule has 9 heteroatoms. The SMILES string of the molecule is COC(=O)C[C@@H]1CC[C@H]2[C@@H](COc3ccc(NC(=O)c4cccc(OC)c4)cc3C(=O)N2C)O1. The largest absolute Gasteiger partial charge is 0.497 e. The molecule has 0 spiro atoms. The maximum Gasteiger partial charge on any atom is 0.308 e. The quantitative estimate of drug-likeness (QED) is 0.673. The fourth-order valence-electron chi connectivity index (χ4n) is 4.34. The van der Waals surface area contributed by atoms with Crippen molar-refractivity contribution in [2.24, 2.45) is 0 Å². The van der Waals surface area contributed by atoms with Gasteiger partial charge in [0, 0.05) is 18.3 Å². The van der Waals surface area contributed by atoms with Crippen LogP contribution in [0.5, 0.6) is 11.5 Å². The van der Waals surface area contributed by atoms with Gasteiger partial charge in [-0.05, 0) is 49.2 Å². The van der Waals surface area contributed by atoms with Crippen LogP contribution < -0.4 is 14.8 Å². The number of carbonyl (C=O) groups excluding carboxylic acids is 3. The lowest BCUT2D eigenvalue weighted by molar-refractivity contribution is -0.151. The third kappa shape index (κ3) is 4.99. The molecule has 2 aliphatic rings. The highest BCUT2D eigenvalue weighted by atomic mass is 16.6. The predicted octanol–water partition coefficient (Wildman–Crippen LogP) is 2.89. The molecule has 3 atom stereocenters. The van der Waals surface area contributed by atoms with Crippen LogP contribution in [0.15, 0.2) is 42.5 Å². The van der Waals surface area contributed by atoms with Crippen molar-refractivity contribution < 1.29 is 33.3 Å². The lowest BCUT2D eigenvalue weighted by atomic mass is 9.94. The number of methoxy groups -OCH3 is 2. The van der Waals surface area contributed by atoms with Gasteiger partial charge in [-0.2, -0.15) is 0 Å². The number of ether oxygens (including phenoxy) is 4. The van der Waals surface area contributed by atoms with Crippen molar-refractivity contribution in [3.63, 3.8) is 0 Å². The number of benzene rings is 2. The van der Waals surface area contributed by atoms with E-state index >= 15 is 0 Å². The van der Waals surface area contributed by atoms with Gasteiger partial charge in [0.05, 0.1) is 38.3 Å². The van der Waals surface area contributed by atoms with Crippen LogP contribution in [0.4, 0.5) is 5.69 Å². The molecule has 0 aromatic heterocycles. The van der Waals surface area contributed by atoms with Gasteiger partial charge in [0.1, 0.15) is 24.2 Å².